The third-order valence-corrected chi connectivity index (χ3v) is 4.54. The van der Waals surface area contributed by atoms with Crippen molar-refractivity contribution in [3.63, 3.8) is 0 Å². The molecule has 1 aromatic heterocycles. The average molecular weight is 322 g/mol. The summed E-state index contributed by atoms with van der Waals surface area (Å²) in [7, 11) is 0. The molecule has 0 saturated carbocycles. The molecular formula is C19H16ClN3. The Hall–Kier alpha value is -2.39. The average Bonchev–Trinajstić information content (AvgIpc) is 2.62. The maximum absolute atomic E-state index is 6.29. The largest absolute Gasteiger partial charge is 0.336 e. The number of benzene rings is 2. The van der Waals surface area contributed by atoms with E-state index >= 15 is 0 Å². The molecule has 23 heavy (non-hydrogen) atoms. The normalized spacial score (nSPS) is 13.7. The van der Waals surface area contributed by atoms with E-state index in [1.807, 2.05) is 36.5 Å². The van der Waals surface area contributed by atoms with Gasteiger partial charge in [0.2, 0.25) is 5.95 Å². The van der Waals surface area contributed by atoms with Gasteiger partial charge in [-0.05, 0) is 29.7 Å². The van der Waals surface area contributed by atoms with Crippen LogP contribution in [0.2, 0.25) is 5.02 Å². The van der Waals surface area contributed by atoms with Gasteiger partial charge in [-0.25, -0.2) is 9.97 Å². The lowest BCUT2D eigenvalue weighted by atomic mass is 10.0. The maximum Gasteiger partial charge on any atom is 0.226 e. The molecule has 0 fully saturated rings. The Kier molecular flexibility index (Phi) is 3.72. The third-order valence-electron chi connectivity index (χ3n) is 4.21. The molecule has 0 atom stereocenters. The number of nitrogens with zero attached hydrogens (tertiary/aromatic N) is 3. The van der Waals surface area contributed by atoms with Gasteiger partial charge in [0.05, 0.1) is 5.69 Å². The van der Waals surface area contributed by atoms with Crippen LogP contribution in [0.25, 0.3) is 11.3 Å². The summed E-state index contributed by atoms with van der Waals surface area (Å²) in [5, 5.41) is 0.709. The summed E-state index contributed by atoms with van der Waals surface area (Å²) >= 11 is 6.29. The monoisotopic (exact) mass is 321 g/mol. The SMILES string of the molecule is Clc1ccccc1-c1ccnc(N2CCc3ccccc3C2)n1. The first-order chi connectivity index (χ1) is 11.3. The fourth-order valence-electron chi connectivity index (χ4n) is 2.99. The van der Waals surface area contributed by atoms with E-state index in [1.54, 1.807) is 0 Å². The highest BCUT2D eigenvalue weighted by Crippen LogP contribution is 2.28. The van der Waals surface area contributed by atoms with Gasteiger partial charge < -0.3 is 4.90 Å². The molecule has 0 radical (unpaired) electrons. The number of anilines is 1. The van der Waals surface area contributed by atoms with Crippen molar-refractivity contribution in [2.24, 2.45) is 0 Å². The molecule has 0 bridgehead atoms. The number of hydrogen-bond acceptors (Lipinski definition) is 3. The minimum Gasteiger partial charge on any atom is -0.336 e. The smallest absolute Gasteiger partial charge is 0.226 e. The number of aromatic nitrogens is 2. The molecule has 4 heteroatoms. The second-order valence-corrected chi connectivity index (χ2v) is 6.07. The zero-order chi connectivity index (χ0) is 15.6. The van der Waals surface area contributed by atoms with Gasteiger partial charge in [-0.2, -0.15) is 0 Å². The van der Waals surface area contributed by atoms with Crippen LogP contribution < -0.4 is 4.90 Å². The molecule has 0 amide bonds. The fraction of sp³-hybridized carbons (Fsp3) is 0.158. The highest BCUT2D eigenvalue weighted by Gasteiger charge is 2.18. The standard InChI is InChI=1S/C19H16ClN3/c20-17-8-4-3-7-16(17)18-9-11-21-19(22-18)23-12-10-14-5-1-2-6-15(14)13-23/h1-9,11H,10,12-13H2. The summed E-state index contributed by atoms with van der Waals surface area (Å²) in [4.78, 5) is 11.4. The van der Waals surface area contributed by atoms with E-state index in [-0.39, 0.29) is 0 Å². The van der Waals surface area contributed by atoms with E-state index in [2.05, 4.69) is 34.1 Å². The minimum atomic E-state index is 0.709. The molecule has 4 rings (SSSR count). The molecule has 0 N–H and O–H groups in total. The first-order valence-corrected chi connectivity index (χ1v) is 8.09. The van der Waals surface area contributed by atoms with Crippen molar-refractivity contribution in [3.05, 3.63) is 76.9 Å². The van der Waals surface area contributed by atoms with Crippen LogP contribution in [0.4, 0.5) is 5.95 Å². The first kappa shape index (κ1) is 14.2. The summed E-state index contributed by atoms with van der Waals surface area (Å²) in [5.41, 5.74) is 4.58. The van der Waals surface area contributed by atoms with Crippen molar-refractivity contribution >= 4 is 17.5 Å². The summed E-state index contributed by atoms with van der Waals surface area (Å²) < 4.78 is 0. The lowest BCUT2D eigenvalue weighted by Crippen LogP contribution is -2.31. The summed E-state index contributed by atoms with van der Waals surface area (Å²) in [5.74, 6) is 0.761. The molecular weight excluding hydrogens is 306 g/mol. The van der Waals surface area contributed by atoms with E-state index in [4.69, 9.17) is 16.6 Å². The van der Waals surface area contributed by atoms with Gasteiger partial charge in [-0.1, -0.05) is 54.1 Å². The van der Waals surface area contributed by atoms with Crippen LogP contribution in [0.15, 0.2) is 60.8 Å². The van der Waals surface area contributed by atoms with Gasteiger partial charge in [-0.3, -0.25) is 0 Å². The lowest BCUT2D eigenvalue weighted by Gasteiger charge is -2.29. The predicted octanol–water partition coefficient (Wildman–Crippen LogP) is 4.36. The van der Waals surface area contributed by atoms with Crippen molar-refractivity contribution in [1.29, 1.82) is 0 Å². The zero-order valence-electron chi connectivity index (χ0n) is 12.6. The van der Waals surface area contributed by atoms with E-state index in [0.717, 1.165) is 36.7 Å². The van der Waals surface area contributed by atoms with Crippen LogP contribution in [0.5, 0.6) is 0 Å². The van der Waals surface area contributed by atoms with Crippen molar-refractivity contribution in [3.8, 4) is 11.3 Å². The molecule has 2 aromatic carbocycles. The summed E-state index contributed by atoms with van der Waals surface area (Å²) in [6, 6.07) is 18.2. The van der Waals surface area contributed by atoms with Crippen molar-refractivity contribution in [2.75, 3.05) is 11.4 Å². The van der Waals surface area contributed by atoms with Crippen LogP contribution in [-0.4, -0.2) is 16.5 Å². The number of fused-ring (bicyclic) bond motifs is 1. The van der Waals surface area contributed by atoms with Crippen molar-refractivity contribution in [1.82, 2.24) is 9.97 Å². The predicted molar refractivity (Wildman–Crippen MR) is 93.7 cm³/mol. The number of rotatable bonds is 2. The molecule has 0 unspecified atom stereocenters. The van der Waals surface area contributed by atoms with Crippen LogP contribution in [0.3, 0.4) is 0 Å². The topological polar surface area (TPSA) is 29.0 Å². The second-order valence-electron chi connectivity index (χ2n) is 5.66. The molecule has 0 aliphatic carbocycles. The zero-order valence-corrected chi connectivity index (χ0v) is 13.4. The van der Waals surface area contributed by atoms with Crippen LogP contribution in [0, 0.1) is 0 Å². The molecule has 1 aliphatic rings. The maximum atomic E-state index is 6.29. The molecule has 1 aliphatic heterocycles. The van der Waals surface area contributed by atoms with Gasteiger partial charge in [0, 0.05) is 29.9 Å². The van der Waals surface area contributed by atoms with Crippen LogP contribution in [0.1, 0.15) is 11.1 Å². The van der Waals surface area contributed by atoms with Crippen molar-refractivity contribution < 1.29 is 0 Å². The van der Waals surface area contributed by atoms with E-state index in [9.17, 15) is 0 Å². The summed E-state index contributed by atoms with van der Waals surface area (Å²) in [6.07, 6.45) is 2.83. The molecule has 0 saturated heterocycles. The molecule has 0 spiro atoms. The van der Waals surface area contributed by atoms with Gasteiger partial charge in [-0.15, -0.1) is 0 Å². The Morgan fingerprint density at radius 2 is 1.70 bits per heavy atom. The van der Waals surface area contributed by atoms with E-state index < -0.39 is 0 Å². The highest BCUT2D eigenvalue weighted by atomic mass is 35.5. The van der Waals surface area contributed by atoms with Crippen molar-refractivity contribution in [2.45, 2.75) is 13.0 Å². The fourth-order valence-corrected chi connectivity index (χ4v) is 3.22. The lowest BCUT2D eigenvalue weighted by molar-refractivity contribution is 0.708. The van der Waals surface area contributed by atoms with Crippen LogP contribution in [-0.2, 0) is 13.0 Å². The van der Waals surface area contributed by atoms with Gasteiger partial charge in [0.15, 0.2) is 0 Å². The number of hydrogen-bond donors (Lipinski definition) is 0. The molecule has 3 aromatic rings. The Bertz CT molecular complexity index is 847. The minimum absolute atomic E-state index is 0.709. The van der Waals surface area contributed by atoms with Gasteiger partial charge >= 0.3 is 0 Å². The van der Waals surface area contributed by atoms with Crippen LogP contribution >= 0.6 is 11.6 Å². The Morgan fingerprint density at radius 1 is 0.913 bits per heavy atom. The molecule has 114 valence electrons. The Balaban J connectivity index is 1.66. The van der Waals surface area contributed by atoms with E-state index in [0.29, 0.717) is 5.02 Å². The third kappa shape index (κ3) is 2.80. The van der Waals surface area contributed by atoms with E-state index in [1.165, 1.54) is 11.1 Å². The van der Waals surface area contributed by atoms with Gasteiger partial charge in [0.25, 0.3) is 0 Å². The Labute approximate surface area is 140 Å². The highest BCUT2D eigenvalue weighted by molar-refractivity contribution is 6.33. The second kappa shape index (κ2) is 6.01. The first-order valence-electron chi connectivity index (χ1n) is 7.71. The summed E-state index contributed by atoms with van der Waals surface area (Å²) in [6.45, 7) is 1.78. The molecule has 3 nitrogen and oxygen atoms in total. The number of halogens is 1. The van der Waals surface area contributed by atoms with Gasteiger partial charge in [0.1, 0.15) is 0 Å². The quantitative estimate of drug-likeness (QED) is 0.702. The Morgan fingerprint density at radius 3 is 2.57 bits per heavy atom. The molecule has 2 heterocycles.